The van der Waals surface area contributed by atoms with Crippen molar-refractivity contribution < 1.29 is 9.34 Å². The van der Waals surface area contributed by atoms with Crippen molar-refractivity contribution in [1.82, 2.24) is 25.0 Å². The SMILES string of the molecule is O=c1oc(-c2ccc([N+](=O)[O-])cc2)nn1Cc1nc(C2CC2)n[nH]1. The van der Waals surface area contributed by atoms with Crippen LogP contribution in [0.4, 0.5) is 5.69 Å². The van der Waals surface area contributed by atoms with Crippen LogP contribution in [0.2, 0.25) is 0 Å². The molecule has 0 amide bonds. The standard InChI is InChI=1S/C14H12N6O4/c21-14-19(7-11-15-12(17-16-11)8-1-2-8)18-13(24-14)9-3-5-10(6-4-9)20(22)23/h3-6,8H,1-2,7H2,(H,15,16,17). The van der Waals surface area contributed by atoms with Crippen LogP contribution in [0.1, 0.15) is 30.4 Å². The van der Waals surface area contributed by atoms with Gasteiger partial charge in [-0.2, -0.15) is 9.78 Å². The van der Waals surface area contributed by atoms with E-state index in [1.165, 1.54) is 24.3 Å². The number of H-pyrrole nitrogens is 1. The van der Waals surface area contributed by atoms with E-state index in [1.54, 1.807) is 0 Å². The summed E-state index contributed by atoms with van der Waals surface area (Å²) in [5.74, 6) is 1.17. The fraction of sp³-hybridized carbons (Fsp3) is 0.286. The molecule has 0 radical (unpaired) electrons. The van der Waals surface area contributed by atoms with Crippen molar-refractivity contribution in [1.29, 1.82) is 0 Å². The third-order valence-corrected chi connectivity index (χ3v) is 3.72. The molecule has 1 aromatic carbocycles. The highest BCUT2D eigenvalue weighted by Crippen LogP contribution is 2.37. The van der Waals surface area contributed by atoms with Crippen LogP contribution in [0.5, 0.6) is 0 Å². The fourth-order valence-corrected chi connectivity index (χ4v) is 2.30. The van der Waals surface area contributed by atoms with Crippen molar-refractivity contribution in [3.8, 4) is 11.5 Å². The number of hydrogen-bond acceptors (Lipinski definition) is 7. The second-order valence-corrected chi connectivity index (χ2v) is 5.55. The molecule has 1 aliphatic carbocycles. The van der Waals surface area contributed by atoms with Gasteiger partial charge in [0, 0.05) is 23.6 Å². The van der Waals surface area contributed by atoms with Crippen LogP contribution in [0, 0.1) is 10.1 Å². The second-order valence-electron chi connectivity index (χ2n) is 5.55. The number of rotatable bonds is 5. The molecule has 1 fully saturated rings. The molecule has 122 valence electrons. The Morgan fingerprint density at radius 3 is 2.75 bits per heavy atom. The number of non-ortho nitro benzene ring substituents is 1. The maximum absolute atomic E-state index is 11.9. The van der Waals surface area contributed by atoms with Gasteiger partial charge in [-0.05, 0) is 25.0 Å². The molecule has 24 heavy (non-hydrogen) atoms. The van der Waals surface area contributed by atoms with Crippen LogP contribution in [-0.2, 0) is 6.54 Å². The Kier molecular flexibility index (Phi) is 3.22. The highest BCUT2D eigenvalue weighted by Gasteiger charge is 2.27. The average molecular weight is 328 g/mol. The Hall–Kier alpha value is -3.30. The second kappa shape index (κ2) is 5.41. The normalized spacial score (nSPS) is 14.0. The molecule has 2 aromatic heterocycles. The van der Waals surface area contributed by atoms with E-state index < -0.39 is 10.7 Å². The molecule has 1 N–H and O–H groups in total. The van der Waals surface area contributed by atoms with Crippen LogP contribution in [0.25, 0.3) is 11.5 Å². The molecule has 0 atom stereocenters. The Balaban J connectivity index is 1.57. The van der Waals surface area contributed by atoms with E-state index in [9.17, 15) is 14.9 Å². The lowest BCUT2D eigenvalue weighted by atomic mass is 10.2. The van der Waals surface area contributed by atoms with Gasteiger partial charge in [-0.15, -0.1) is 5.10 Å². The zero-order chi connectivity index (χ0) is 16.7. The highest BCUT2D eigenvalue weighted by molar-refractivity contribution is 5.55. The van der Waals surface area contributed by atoms with Crippen LogP contribution in [0.15, 0.2) is 33.5 Å². The zero-order valence-corrected chi connectivity index (χ0v) is 12.4. The van der Waals surface area contributed by atoms with Crippen molar-refractivity contribution in [3.63, 3.8) is 0 Å². The Bertz CT molecular complexity index is 950. The first-order valence-electron chi connectivity index (χ1n) is 7.34. The van der Waals surface area contributed by atoms with Crippen LogP contribution >= 0.6 is 0 Å². The number of hydrogen-bond donors (Lipinski definition) is 1. The molecule has 0 spiro atoms. The van der Waals surface area contributed by atoms with Crippen LogP contribution in [0.3, 0.4) is 0 Å². The molecule has 1 aliphatic rings. The van der Waals surface area contributed by atoms with E-state index in [0.717, 1.165) is 23.3 Å². The monoisotopic (exact) mass is 328 g/mol. The number of aromatic amines is 1. The summed E-state index contributed by atoms with van der Waals surface area (Å²) in [6.07, 6.45) is 2.18. The van der Waals surface area contributed by atoms with Gasteiger partial charge in [0.15, 0.2) is 5.82 Å². The van der Waals surface area contributed by atoms with Crippen molar-refractivity contribution in [3.05, 3.63) is 56.6 Å². The van der Waals surface area contributed by atoms with E-state index in [1.807, 2.05) is 0 Å². The summed E-state index contributed by atoms with van der Waals surface area (Å²) >= 11 is 0. The molecule has 10 nitrogen and oxygen atoms in total. The number of nitro groups is 1. The maximum atomic E-state index is 11.9. The summed E-state index contributed by atoms with van der Waals surface area (Å²) in [5, 5.41) is 21.7. The first kappa shape index (κ1) is 14.3. The van der Waals surface area contributed by atoms with E-state index in [0.29, 0.717) is 17.3 Å². The van der Waals surface area contributed by atoms with E-state index in [4.69, 9.17) is 4.42 Å². The third-order valence-electron chi connectivity index (χ3n) is 3.72. The molecule has 0 unspecified atom stereocenters. The summed E-state index contributed by atoms with van der Waals surface area (Å²) in [7, 11) is 0. The van der Waals surface area contributed by atoms with Gasteiger partial charge in [0.05, 0.1) is 4.92 Å². The molecule has 0 bridgehead atoms. The lowest BCUT2D eigenvalue weighted by Crippen LogP contribution is -2.17. The van der Waals surface area contributed by atoms with Crippen LogP contribution in [-0.4, -0.2) is 29.9 Å². The van der Waals surface area contributed by atoms with Gasteiger partial charge in [0.1, 0.15) is 12.4 Å². The first-order chi connectivity index (χ1) is 11.6. The minimum Gasteiger partial charge on any atom is -0.388 e. The van der Waals surface area contributed by atoms with Gasteiger partial charge in [-0.3, -0.25) is 15.2 Å². The number of nitrogens with zero attached hydrogens (tertiary/aromatic N) is 5. The van der Waals surface area contributed by atoms with Crippen molar-refractivity contribution in [2.45, 2.75) is 25.3 Å². The molecule has 2 heterocycles. The fourth-order valence-electron chi connectivity index (χ4n) is 2.30. The van der Waals surface area contributed by atoms with Gasteiger partial charge < -0.3 is 4.42 Å². The largest absolute Gasteiger partial charge is 0.437 e. The molecule has 4 rings (SSSR count). The maximum Gasteiger partial charge on any atom is 0.437 e. The zero-order valence-electron chi connectivity index (χ0n) is 12.4. The summed E-state index contributed by atoms with van der Waals surface area (Å²) in [5.41, 5.74) is 0.433. The number of aromatic nitrogens is 5. The number of nitro benzene ring substituents is 1. The van der Waals surface area contributed by atoms with E-state index in [-0.39, 0.29) is 18.1 Å². The number of benzene rings is 1. The molecule has 0 saturated heterocycles. The molecule has 10 heteroatoms. The average Bonchev–Trinajstić information content (AvgIpc) is 3.22. The number of nitrogens with one attached hydrogen (secondary N) is 1. The van der Waals surface area contributed by atoms with Crippen molar-refractivity contribution in [2.75, 3.05) is 0 Å². The van der Waals surface area contributed by atoms with Gasteiger partial charge >= 0.3 is 5.76 Å². The van der Waals surface area contributed by atoms with Gasteiger partial charge in [0.2, 0.25) is 5.89 Å². The third kappa shape index (κ3) is 2.69. The van der Waals surface area contributed by atoms with Gasteiger partial charge in [-0.25, -0.2) is 9.78 Å². The summed E-state index contributed by atoms with van der Waals surface area (Å²) in [6, 6.07) is 5.61. The lowest BCUT2D eigenvalue weighted by Gasteiger charge is -1.95. The van der Waals surface area contributed by atoms with Gasteiger partial charge in [-0.1, -0.05) is 0 Å². The molecular weight excluding hydrogens is 316 g/mol. The topological polar surface area (TPSA) is 133 Å². The summed E-state index contributed by atoms with van der Waals surface area (Å²) in [4.78, 5) is 26.4. The lowest BCUT2D eigenvalue weighted by molar-refractivity contribution is -0.384. The first-order valence-corrected chi connectivity index (χ1v) is 7.34. The quantitative estimate of drug-likeness (QED) is 0.553. The molecule has 0 aliphatic heterocycles. The predicted octanol–water partition coefficient (Wildman–Crippen LogP) is 1.46. The Morgan fingerprint density at radius 2 is 2.08 bits per heavy atom. The predicted molar refractivity (Wildman–Crippen MR) is 80.3 cm³/mol. The minimum atomic E-state index is -0.632. The van der Waals surface area contributed by atoms with Gasteiger partial charge in [0.25, 0.3) is 5.69 Å². The smallest absolute Gasteiger partial charge is 0.388 e. The molecule has 3 aromatic rings. The minimum absolute atomic E-state index is 0.0465. The van der Waals surface area contributed by atoms with Crippen LogP contribution < -0.4 is 5.76 Å². The Labute approximate surface area is 134 Å². The van der Waals surface area contributed by atoms with E-state index in [2.05, 4.69) is 20.3 Å². The highest BCUT2D eigenvalue weighted by atomic mass is 16.6. The van der Waals surface area contributed by atoms with E-state index >= 15 is 0 Å². The molecular formula is C14H12N6O4. The van der Waals surface area contributed by atoms with Crippen molar-refractivity contribution in [2.24, 2.45) is 0 Å². The summed E-state index contributed by atoms with van der Waals surface area (Å²) < 4.78 is 6.24. The summed E-state index contributed by atoms with van der Waals surface area (Å²) in [6.45, 7) is 0.120. The van der Waals surface area contributed by atoms with Crippen molar-refractivity contribution >= 4 is 5.69 Å². The molecule has 1 saturated carbocycles. The Morgan fingerprint density at radius 1 is 1.33 bits per heavy atom.